The van der Waals surface area contributed by atoms with Gasteiger partial charge in [0, 0.05) is 13.1 Å². The lowest BCUT2D eigenvalue weighted by Gasteiger charge is -2.34. The van der Waals surface area contributed by atoms with Crippen LogP contribution in [0.25, 0.3) is 5.69 Å². The normalized spacial score (nSPS) is 20.9. The molecule has 2 amide bonds. The highest BCUT2D eigenvalue weighted by Crippen LogP contribution is 2.22. The number of hydrogen-bond donors (Lipinski definition) is 2. The standard InChI is InChI=1S/C17H21FN4O2/c1-11-7-8-21(10-16(11)23)17(24)20-14-9-19-22(12(14)2)15-6-4-3-5-13(15)18/h3-6,9,11,16,23H,7-8,10H2,1-2H3,(H,20,24). The number of aliphatic hydroxyl groups is 1. The molecule has 1 aromatic heterocycles. The van der Waals surface area contributed by atoms with Crippen molar-refractivity contribution in [2.24, 2.45) is 5.92 Å². The molecule has 2 heterocycles. The largest absolute Gasteiger partial charge is 0.391 e. The SMILES string of the molecule is Cc1c(NC(=O)N2CCC(C)C(O)C2)cnn1-c1ccccc1F. The molecule has 6 nitrogen and oxygen atoms in total. The average molecular weight is 332 g/mol. The van der Waals surface area contributed by atoms with Gasteiger partial charge in [-0.05, 0) is 31.4 Å². The Balaban J connectivity index is 1.75. The molecule has 0 bridgehead atoms. The smallest absolute Gasteiger partial charge is 0.322 e. The van der Waals surface area contributed by atoms with Gasteiger partial charge in [0.25, 0.3) is 0 Å². The molecule has 2 atom stereocenters. The zero-order chi connectivity index (χ0) is 17.3. The van der Waals surface area contributed by atoms with Crippen molar-refractivity contribution in [2.75, 3.05) is 18.4 Å². The Morgan fingerprint density at radius 1 is 1.42 bits per heavy atom. The number of benzene rings is 1. The summed E-state index contributed by atoms with van der Waals surface area (Å²) in [5.41, 5.74) is 1.49. The molecule has 1 aromatic carbocycles. The molecule has 2 N–H and O–H groups in total. The maximum absolute atomic E-state index is 13.9. The zero-order valence-corrected chi connectivity index (χ0v) is 13.7. The number of anilines is 1. The number of β-amino-alcohol motifs (C(OH)–C–C–N with tert-alkyl or cyclic N) is 1. The summed E-state index contributed by atoms with van der Waals surface area (Å²) in [6, 6.07) is 6.06. The molecule has 24 heavy (non-hydrogen) atoms. The number of carbonyl (C=O) groups excluding carboxylic acids is 1. The number of hydrogen-bond acceptors (Lipinski definition) is 3. The third-order valence-electron chi connectivity index (χ3n) is 4.54. The highest BCUT2D eigenvalue weighted by Gasteiger charge is 2.27. The molecule has 128 valence electrons. The summed E-state index contributed by atoms with van der Waals surface area (Å²) >= 11 is 0. The number of nitrogens with zero attached hydrogens (tertiary/aromatic N) is 3. The Bertz CT molecular complexity index is 746. The number of aliphatic hydroxyl groups excluding tert-OH is 1. The van der Waals surface area contributed by atoms with Gasteiger partial charge in [-0.3, -0.25) is 0 Å². The fourth-order valence-electron chi connectivity index (χ4n) is 2.83. The molecule has 0 aliphatic carbocycles. The van der Waals surface area contributed by atoms with Gasteiger partial charge in [-0.2, -0.15) is 5.10 Å². The number of carbonyl (C=O) groups is 1. The Morgan fingerprint density at radius 3 is 2.88 bits per heavy atom. The molecule has 7 heteroatoms. The lowest BCUT2D eigenvalue weighted by molar-refractivity contribution is 0.0464. The first kappa shape index (κ1) is 16.4. The van der Waals surface area contributed by atoms with Crippen molar-refractivity contribution in [1.82, 2.24) is 14.7 Å². The summed E-state index contributed by atoms with van der Waals surface area (Å²) in [4.78, 5) is 14.0. The second kappa shape index (κ2) is 6.60. The van der Waals surface area contributed by atoms with Gasteiger partial charge in [0.15, 0.2) is 0 Å². The van der Waals surface area contributed by atoms with E-state index in [2.05, 4.69) is 10.4 Å². The van der Waals surface area contributed by atoms with Gasteiger partial charge >= 0.3 is 6.03 Å². The van der Waals surface area contributed by atoms with Crippen LogP contribution in [-0.2, 0) is 0 Å². The monoisotopic (exact) mass is 332 g/mol. The minimum Gasteiger partial charge on any atom is -0.391 e. The highest BCUT2D eigenvalue weighted by molar-refractivity contribution is 5.90. The van der Waals surface area contributed by atoms with Crippen LogP contribution in [0.2, 0.25) is 0 Å². The van der Waals surface area contributed by atoms with E-state index >= 15 is 0 Å². The van der Waals surface area contributed by atoms with E-state index in [1.807, 2.05) is 6.92 Å². The maximum Gasteiger partial charge on any atom is 0.322 e. The number of halogens is 1. The lowest BCUT2D eigenvalue weighted by atomic mass is 9.96. The third-order valence-corrected chi connectivity index (χ3v) is 4.54. The topological polar surface area (TPSA) is 70.4 Å². The van der Waals surface area contributed by atoms with Crippen molar-refractivity contribution in [2.45, 2.75) is 26.4 Å². The van der Waals surface area contributed by atoms with Crippen LogP contribution < -0.4 is 5.32 Å². The number of likely N-dealkylation sites (tertiary alicyclic amines) is 1. The average Bonchev–Trinajstić information content (AvgIpc) is 2.91. The summed E-state index contributed by atoms with van der Waals surface area (Å²) in [7, 11) is 0. The van der Waals surface area contributed by atoms with Crippen LogP contribution in [0.5, 0.6) is 0 Å². The quantitative estimate of drug-likeness (QED) is 0.888. The summed E-state index contributed by atoms with van der Waals surface area (Å²) in [5.74, 6) is -0.186. The molecule has 1 aliphatic heterocycles. The molecule has 1 aliphatic rings. The van der Waals surface area contributed by atoms with Gasteiger partial charge < -0.3 is 15.3 Å². The molecular formula is C17H21FN4O2. The summed E-state index contributed by atoms with van der Waals surface area (Å²) in [6.45, 7) is 4.66. The number of nitrogens with one attached hydrogen (secondary N) is 1. The summed E-state index contributed by atoms with van der Waals surface area (Å²) in [5, 5.41) is 16.9. The lowest BCUT2D eigenvalue weighted by Crippen LogP contribution is -2.47. The van der Waals surface area contributed by atoms with Gasteiger partial charge in [-0.15, -0.1) is 0 Å². The molecule has 2 aromatic rings. The first-order chi connectivity index (χ1) is 11.5. The van der Waals surface area contributed by atoms with E-state index in [0.717, 1.165) is 6.42 Å². The minimum absolute atomic E-state index is 0.194. The first-order valence-electron chi connectivity index (χ1n) is 8.01. The van der Waals surface area contributed by atoms with Crippen LogP contribution in [0.1, 0.15) is 19.0 Å². The van der Waals surface area contributed by atoms with Gasteiger partial charge in [0.2, 0.25) is 0 Å². The van der Waals surface area contributed by atoms with Crippen molar-refractivity contribution in [3.05, 3.63) is 42.0 Å². The highest BCUT2D eigenvalue weighted by atomic mass is 19.1. The van der Waals surface area contributed by atoms with Crippen molar-refractivity contribution in [1.29, 1.82) is 0 Å². The second-order valence-electron chi connectivity index (χ2n) is 6.22. The van der Waals surface area contributed by atoms with E-state index < -0.39 is 6.10 Å². The van der Waals surface area contributed by atoms with Crippen LogP contribution in [0, 0.1) is 18.7 Å². The predicted octanol–water partition coefficient (Wildman–Crippen LogP) is 2.55. The molecule has 1 saturated heterocycles. The summed E-state index contributed by atoms with van der Waals surface area (Å²) in [6.07, 6.45) is 1.76. The molecule has 3 rings (SSSR count). The number of piperidine rings is 1. The first-order valence-corrected chi connectivity index (χ1v) is 8.01. The Hall–Kier alpha value is -2.41. The Labute approximate surface area is 139 Å². The molecule has 0 saturated carbocycles. The Kier molecular flexibility index (Phi) is 4.53. The van der Waals surface area contributed by atoms with Gasteiger partial charge in [-0.1, -0.05) is 19.1 Å². The Morgan fingerprint density at radius 2 is 2.17 bits per heavy atom. The van der Waals surface area contributed by atoms with Crippen LogP contribution in [0.3, 0.4) is 0 Å². The molecule has 0 radical (unpaired) electrons. The maximum atomic E-state index is 13.9. The van der Waals surface area contributed by atoms with E-state index in [1.54, 1.807) is 30.0 Å². The number of amides is 2. The van der Waals surface area contributed by atoms with Crippen molar-refractivity contribution >= 4 is 11.7 Å². The third kappa shape index (κ3) is 3.12. The molecule has 0 spiro atoms. The molecular weight excluding hydrogens is 311 g/mol. The van der Waals surface area contributed by atoms with Gasteiger partial charge in [0.1, 0.15) is 11.5 Å². The molecule has 1 fully saturated rings. The number of para-hydroxylation sites is 1. The fraction of sp³-hybridized carbons (Fsp3) is 0.412. The van der Waals surface area contributed by atoms with E-state index in [9.17, 15) is 14.3 Å². The van der Waals surface area contributed by atoms with Crippen LogP contribution in [0.15, 0.2) is 30.5 Å². The van der Waals surface area contributed by atoms with Crippen molar-refractivity contribution < 1.29 is 14.3 Å². The minimum atomic E-state index is -0.508. The zero-order valence-electron chi connectivity index (χ0n) is 13.7. The number of rotatable bonds is 2. The van der Waals surface area contributed by atoms with Gasteiger partial charge in [-0.25, -0.2) is 13.9 Å². The van der Waals surface area contributed by atoms with E-state index in [1.165, 1.54) is 16.9 Å². The van der Waals surface area contributed by atoms with Gasteiger partial charge in [0.05, 0.1) is 23.7 Å². The van der Waals surface area contributed by atoms with E-state index in [4.69, 9.17) is 0 Å². The number of aromatic nitrogens is 2. The second-order valence-corrected chi connectivity index (χ2v) is 6.22. The summed E-state index contributed by atoms with van der Waals surface area (Å²) < 4.78 is 15.4. The van der Waals surface area contributed by atoms with Crippen molar-refractivity contribution in [3.63, 3.8) is 0 Å². The predicted molar refractivity (Wildman–Crippen MR) is 88.6 cm³/mol. The van der Waals surface area contributed by atoms with Crippen LogP contribution >= 0.6 is 0 Å². The molecule has 2 unspecified atom stereocenters. The van der Waals surface area contributed by atoms with Crippen LogP contribution in [-0.4, -0.2) is 45.0 Å². The number of urea groups is 1. The van der Waals surface area contributed by atoms with E-state index in [-0.39, 0.29) is 17.8 Å². The van der Waals surface area contributed by atoms with Crippen LogP contribution in [0.4, 0.5) is 14.9 Å². The van der Waals surface area contributed by atoms with E-state index in [0.29, 0.717) is 30.2 Å². The fourth-order valence-corrected chi connectivity index (χ4v) is 2.83. The van der Waals surface area contributed by atoms with Crippen molar-refractivity contribution in [3.8, 4) is 5.69 Å².